The summed E-state index contributed by atoms with van der Waals surface area (Å²) in [4.78, 5) is 13.5. The number of anilines is 1. The van der Waals surface area contributed by atoms with Gasteiger partial charge in [0, 0.05) is 34.1 Å². The number of nitrogens with two attached hydrogens (primary N) is 1. The highest BCUT2D eigenvalue weighted by Gasteiger charge is 2.32. The highest BCUT2D eigenvalue weighted by atomic mass is 79.9. The summed E-state index contributed by atoms with van der Waals surface area (Å²) < 4.78 is 22.9. The molecule has 1 fully saturated rings. The van der Waals surface area contributed by atoms with Crippen LogP contribution in [0.4, 0.5) is 5.69 Å². The molecule has 1 amide bonds. The van der Waals surface area contributed by atoms with E-state index in [9.17, 15) is 13.2 Å². The van der Waals surface area contributed by atoms with Gasteiger partial charge >= 0.3 is 0 Å². The van der Waals surface area contributed by atoms with Gasteiger partial charge in [-0.1, -0.05) is 27.5 Å². The zero-order valence-corrected chi connectivity index (χ0v) is 13.0. The number of hydrogen-bond acceptors (Lipinski definition) is 3. The lowest BCUT2D eigenvalue weighted by molar-refractivity contribution is -0.117. The predicted octanol–water partition coefficient (Wildman–Crippen LogP) is 1.74. The molecule has 2 rings (SSSR count). The van der Waals surface area contributed by atoms with Crippen LogP contribution in [0.1, 0.15) is 6.42 Å². The second-order valence-electron chi connectivity index (χ2n) is 4.53. The van der Waals surface area contributed by atoms with Gasteiger partial charge in [0.1, 0.15) is 0 Å². The molecule has 1 aliphatic rings. The van der Waals surface area contributed by atoms with E-state index in [0.29, 0.717) is 17.3 Å². The highest BCUT2D eigenvalue weighted by Crippen LogP contribution is 2.30. The van der Waals surface area contributed by atoms with Crippen molar-refractivity contribution in [1.29, 1.82) is 0 Å². The van der Waals surface area contributed by atoms with Crippen LogP contribution in [-0.2, 0) is 14.8 Å². The Bertz CT molecular complexity index is 600. The Hall–Kier alpha value is -0.630. The summed E-state index contributed by atoms with van der Waals surface area (Å²) in [5.74, 6) is -0.583. The van der Waals surface area contributed by atoms with E-state index in [1.54, 1.807) is 18.2 Å². The van der Waals surface area contributed by atoms with Crippen LogP contribution in [0.2, 0.25) is 5.02 Å². The van der Waals surface area contributed by atoms with Crippen LogP contribution in [0, 0.1) is 5.92 Å². The number of amides is 1. The Morgan fingerprint density at radius 3 is 2.68 bits per heavy atom. The molecule has 1 aromatic carbocycles. The van der Waals surface area contributed by atoms with Gasteiger partial charge in [-0.05, 0) is 18.2 Å². The van der Waals surface area contributed by atoms with Gasteiger partial charge in [0.15, 0.2) is 0 Å². The van der Waals surface area contributed by atoms with E-state index in [-0.39, 0.29) is 24.0 Å². The van der Waals surface area contributed by atoms with E-state index in [1.807, 2.05) is 0 Å². The normalized spacial score (nSPS) is 20.1. The number of carbonyl (C=O) groups excluding carboxylic acids is 1. The molecular formula is C11H12BrClN2O3S. The summed E-state index contributed by atoms with van der Waals surface area (Å²) in [5.41, 5.74) is 0.654. The maximum Gasteiger partial charge on any atom is 0.227 e. The van der Waals surface area contributed by atoms with Gasteiger partial charge in [0.2, 0.25) is 15.9 Å². The molecule has 19 heavy (non-hydrogen) atoms. The van der Waals surface area contributed by atoms with E-state index in [1.165, 1.54) is 4.90 Å². The van der Waals surface area contributed by atoms with Gasteiger partial charge in [0.25, 0.3) is 0 Å². The lowest BCUT2D eigenvalue weighted by Gasteiger charge is -2.17. The molecule has 0 aliphatic carbocycles. The number of halogens is 2. The van der Waals surface area contributed by atoms with E-state index < -0.39 is 10.0 Å². The number of benzene rings is 1. The summed E-state index contributed by atoms with van der Waals surface area (Å²) >= 11 is 9.24. The molecule has 1 saturated heterocycles. The van der Waals surface area contributed by atoms with E-state index in [4.69, 9.17) is 16.7 Å². The standard InChI is InChI=1S/C11H12BrClN2O3S/c12-8-2-9(13)4-10(3-8)15-5-7(1-11(15)16)6-19(14,17)18/h2-4,7H,1,5-6H2,(H2,14,17,18). The topological polar surface area (TPSA) is 80.5 Å². The minimum absolute atomic E-state index is 0.122. The smallest absolute Gasteiger partial charge is 0.227 e. The fourth-order valence-corrected chi connectivity index (χ4v) is 3.89. The lowest BCUT2D eigenvalue weighted by atomic mass is 10.1. The summed E-state index contributed by atoms with van der Waals surface area (Å²) in [6.45, 7) is 0.335. The second kappa shape index (κ2) is 5.40. The van der Waals surface area contributed by atoms with Crippen molar-refractivity contribution in [3.63, 3.8) is 0 Å². The largest absolute Gasteiger partial charge is 0.312 e. The Kier molecular flexibility index (Phi) is 4.20. The van der Waals surface area contributed by atoms with Gasteiger partial charge in [0.05, 0.1) is 5.75 Å². The molecule has 0 bridgehead atoms. The Balaban J connectivity index is 2.20. The quantitative estimate of drug-likeness (QED) is 0.883. The average Bonchev–Trinajstić information content (AvgIpc) is 2.54. The Labute approximate surface area is 124 Å². The van der Waals surface area contributed by atoms with E-state index in [2.05, 4.69) is 15.9 Å². The van der Waals surface area contributed by atoms with Gasteiger partial charge in [-0.15, -0.1) is 0 Å². The minimum Gasteiger partial charge on any atom is -0.312 e. The van der Waals surface area contributed by atoms with Crippen molar-refractivity contribution in [3.05, 3.63) is 27.7 Å². The third-order valence-corrected chi connectivity index (χ3v) is 4.44. The number of primary sulfonamides is 1. The van der Waals surface area contributed by atoms with E-state index in [0.717, 1.165) is 4.47 Å². The van der Waals surface area contributed by atoms with Gasteiger partial charge in [-0.3, -0.25) is 4.79 Å². The van der Waals surface area contributed by atoms with Crippen LogP contribution in [0.5, 0.6) is 0 Å². The number of nitrogens with zero attached hydrogens (tertiary/aromatic N) is 1. The molecule has 1 atom stereocenters. The van der Waals surface area contributed by atoms with Crippen molar-refractivity contribution in [2.45, 2.75) is 6.42 Å². The van der Waals surface area contributed by atoms with Crippen LogP contribution in [0.25, 0.3) is 0 Å². The number of rotatable bonds is 3. The van der Waals surface area contributed by atoms with Crippen molar-refractivity contribution in [2.75, 3.05) is 17.2 Å². The molecule has 1 aromatic rings. The summed E-state index contributed by atoms with van der Waals surface area (Å²) in [5, 5.41) is 5.51. The van der Waals surface area contributed by atoms with Crippen LogP contribution in [-0.4, -0.2) is 26.6 Å². The third kappa shape index (κ3) is 3.92. The number of hydrogen-bond donors (Lipinski definition) is 1. The van der Waals surface area contributed by atoms with E-state index >= 15 is 0 Å². The van der Waals surface area contributed by atoms with Gasteiger partial charge in [-0.25, -0.2) is 13.6 Å². The maximum absolute atomic E-state index is 11.9. The average molecular weight is 368 g/mol. The zero-order chi connectivity index (χ0) is 14.2. The Morgan fingerprint density at radius 1 is 1.42 bits per heavy atom. The number of sulfonamides is 1. The maximum atomic E-state index is 11.9. The molecule has 104 valence electrons. The highest BCUT2D eigenvalue weighted by molar-refractivity contribution is 9.10. The van der Waals surface area contributed by atoms with Crippen molar-refractivity contribution in [3.8, 4) is 0 Å². The van der Waals surface area contributed by atoms with Crippen LogP contribution < -0.4 is 10.0 Å². The first-order valence-electron chi connectivity index (χ1n) is 5.51. The third-order valence-electron chi connectivity index (χ3n) is 2.83. The van der Waals surface area contributed by atoms with Crippen molar-refractivity contribution in [1.82, 2.24) is 0 Å². The van der Waals surface area contributed by atoms with Crippen molar-refractivity contribution < 1.29 is 13.2 Å². The van der Waals surface area contributed by atoms with Gasteiger partial charge < -0.3 is 4.90 Å². The lowest BCUT2D eigenvalue weighted by Crippen LogP contribution is -2.27. The van der Waals surface area contributed by atoms with Crippen LogP contribution in [0.15, 0.2) is 22.7 Å². The first-order chi connectivity index (χ1) is 8.74. The first kappa shape index (κ1) is 14.8. The van der Waals surface area contributed by atoms with Gasteiger partial charge in [-0.2, -0.15) is 0 Å². The molecule has 1 aliphatic heterocycles. The Morgan fingerprint density at radius 2 is 2.11 bits per heavy atom. The fraction of sp³-hybridized carbons (Fsp3) is 0.364. The zero-order valence-electron chi connectivity index (χ0n) is 9.84. The number of carbonyl (C=O) groups is 1. The fourth-order valence-electron chi connectivity index (χ4n) is 2.17. The molecule has 0 radical (unpaired) electrons. The molecule has 0 aromatic heterocycles. The summed E-state index contributed by atoms with van der Waals surface area (Å²) in [6, 6.07) is 5.15. The molecule has 1 heterocycles. The first-order valence-corrected chi connectivity index (χ1v) is 8.40. The van der Waals surface area contributed by atoms with Crippen molar-refractivity contribution in [2.24, 2.45) is 11.1 Å². The molecular weight excluding hydrogens is 356 g/mol. The predicted molar refractivity (Wildman–Crippen MR) is 77.6 cm³/mol. The monoisotopic (exact) mass is 366 g/mol. The van der Waals surface area contributed by atoms with Crippen LogP contribution in [0.3, 0.4) is 0 Å². The SMILES string of the molecule is NS(=O)(=O)CC1CC(=O)N(c2cc(Cl)cc(Br)c2)C1. The molecule has 5 nitrogen and oxygen atoms in total. The van der Waals surface area contributed by atoms with Crippen molar-refractivity contribution >= 4 is 49.1 Å². The molecule has 1 unspecified atom stereocenters. The molecule has 8 heteroatoms. The molecule has 2 N–H and O–H groups in total. The van der Waals surface area contributed by atoms with Crippen LogP contribution >= 0.6 is 27.5 Å². The summed E-state index contributed by atoms with van der Waals surface area (Å²) in [7, 11) is -3.57. The molecule has 0 saturated carbocycles. The molecule has 0 spiro atoms. The summed E-state index contributed by atoms with van der Waals surface area (Å²) in [6.07, 6.45) is 0.181. The second-order valence-corrected chi connectivity index (χ2v) is 7.54. The minimum atomic E-state index is -3.57.